The van der Waals surface area contributed by atoms with Crippen LogP contribution in [0, 0.1) is 24.0 Å². The number of hydrogen-bond acceptors (Lipinski definition) is 4. The number of para-hydroxylation sites is 1. The lowest BCUT2D eigenvalue weighted by Gasteiger charge is -2.10. The minimum absolute atomic E-state index is 0.0719. The van der Waals surface area contributed by atoms with Gasteiger partial charge in [0.15, 0.2) is 0 Å². The van der Waals surface area contributed by atoms with Crippen molar-refractivity contribution in [3.63, 3.8) is 0 Å². The molecule has 0 saturated carbocycles. The van der Waals surface area contributed by atoms with Crippen molar-refractivity contribution >= 4 is 17.8 Å². The van der Waals surface area contributed by atoms with Gasteiger partial charge in [0.1, 0.15) is 0 Å². The summed E-state index contributed by atoms with van der Waals surface area (Å²) in [6.45, 7) is 4.04. The number of benzene rings is 2. The van der Waals surface area contributed by atoms with Crippen molar-refractivity contribution in [1.82, 2.24) is 9.99 Å². The van der Waals surface area contributed by atoms with Gasteiger partial charge in [0.25, 0.3) is 11.6 Å². The Morgan fingerprint density at radius 2 is 1.67 bits per heavy atom. The standard InChI is InChI=1S/C20H18N4O3/c1-14-7-8-15(2)23(14)18-11-9-16(10-12-18)20(25)22-21-13-17-5-3-4-6-19(17)24(26)27/h3-13H,1-2H3,(H,22,25)/b21-13-. The van der Waals surface area contributed by atoms with E-state index in [0.717, 1.165) is 17.1 Å². The summed E-state index contributed by atoms with van der Waals surface area (Å²) >= 11 is 0. The molecule has 0 atom stereocenters. The molecule has 1 N–H and O–H groups in total. The number of nitro groups is 1. The van der Waals surface area contributed by atoms with Crippen molar-refractivity contribution in [2.75, 3.05) is 0 Å². The van der Waals surface area contributed by atoms with E-state index < -0.39 is 10.8 Å². The van der Waals surface area contributed by atoms with Crippen molar-refractivity contribution < 1.29 is 9.72 Å². The lowest BCUT2D eigenvalue weighted by Crippen LogP contribution is -2.17. The molecular formula is C20H18N4O3. The lowest BCUT2D eigenvalue weighted by molar-refractivity contribution is -0.385. The molecule has 7 heteroatoms. The first-order valence-electron chi connectivity index (χ1n) is 8.29. The number of amides is 1. The fourth-order valence-corrected chi connectivity index (χ4v) is 2.83. The Labute approximate surface area is 156 Å². The first-order chi connectivity index (χ1) is 13.0. The SMILES string of the molecule is Cc1ccc(C)n1-c1ccc(C(=O)N/N=C\c2ccccc2[N+](=O)[O-])cc1. The predicted molar refractivity (Wildman–Crippen MR) is 103 cm³/mol. The largest absolute Gasteiger partial charge is 0.319 e. The molecule has 0 bridgehead atoms. The van der Waals surface area contributed by atoms with Crippen molar-refractivity contribution in [3.05, 3.63) is 93.3 Å². The molecule has 0 unspecified atom stereocenters. The number of nitrogens with one attached hydrogen (secondary N) is 1. The third-order valence-electron chi connectivity index (χ3n) is 4.16. The van der Waals surface area contributed by atoms with Crippen LogP contribution in [0.4, 0.5) is 5.69 Å². The second-order valence-electron chi connectivity index (χ2n) is 6.01. The van der Waals surface area contributed by atoms with Gasteiger partial charge in [-0.2, -0.15) is 5.10 Å². The molecule has 0 saturated heterocycles. The second kappa shape index (κ2) is 7.65. The minimum atomic E-state index is -0.493. The van der Waals surface area contributed by atoms with E-state index in [1.54, 1.807) is 30.3 Å². The van der Waals surface area contributed by atoms with Gasteiger partial charge in [-0.25, -0.2) is 5.43 Å². The molecule has 0 spiro atoms. The molecule has 1 amide bonds. The molecule has 0 aliphatic heterocycles. The average molecular weight is 362 g/mol. The lowest BCUT2D eigenvalue weighted by atomic mass is 10.2. The molecule has 2 aromatic carbocycles. The second-order valence-corrected chi connectivity index (χ2v) is 6.01. The van der Waals surface area contributed by atoms with Crippen LogP contribution in [0.25, 0.3) is 5.69 Å². The Morgan fingerprint density at radius 3 is 2.30 bits per heavy atom. The van der Waals surface area contributed by atoms with Gasteiger partial charge >= 0.3 is 0 Å². The van der Waals surface area contributed by atoms with Gasteiger partial charge in [0.05, 0.1) is 16.7 Å². The average Bonchev–Trinajstić information content (AvgIpc) is 3.00. The Kier molecular flexibility index (Phi) is 5.12. The van der Waals surface area contributed by atoms with Gasteiger partial charge in [-0.05, 0) is 56.3 Å². The predicted octanol–water partition coefficient (Wildman–Crippen LogP) is 3.77. The van der Waals surface area contributed by atoms with Crippen LogP contribution in [0.2, 0.25) is 0 Å². The van der Waals surface area contributed by atoms with E-state index in [9.17, 15) is 14.9 Å². The molecule has 0 aliphatic rings. The molecule has 3 rings (SSSR count). The summed E-state index contributed by atoms with van der Waals surface area (Å²) in [7, 11) is 0. The van der Waals surface area contributed by atoms with Gasteiger partial charge in [-0.1, -0.05) is 12.1 Å². The maximum Gasteiger partial charge on any atom is 0.278 e. The summed E-state index contributed by atoms with van der Waals surface area (Å²) in [4.78, 5) is 22.7. The number of rotatable bonds is 5. The third kappa shape index (κ3) is 3.92. The summed E-state index contributed by atoms with van der Waals surface area (Å²) in [6, 6.07) is 17.4. The van der Waals surface area contributed by atoms with E-state index in [-0.39, 0.29) is 5.69 Å². The number of nitrogens with zero attached hydrogens (tertiary/aromatic N) is 3. The minimum Gasteiger partial charge on any atom is -0.319 e. The zero-order valence-corrected chi connectivity index (χ0v) is 14.9. The van der Waals surface area contributed by atoms with Crippen LogP contribution in [0.3, 0.4) is 0 Å². The van der Waals surface area contributed by atoms with Crippen LogP contribution in [0.5, 0.6) is 0 Å². The zero-order chi connectivity index (χ0) is 19.4. The molecule has 0 fully saturated rings. The summed E-state index contributed by atoms with van der Waals surface area (Å²) < 4.78 is 2.09. The Balaban J connectivity index is 1.71. The number of hydrogen-bond donors (Lipinski definition) is 1. The van der Waals surface area contributed by atoms with Crippen molar-refractivity contribution in [2.45, 2.75) is 13.8 Å². The molecule has 136 valence electrons. The molecule has 3 aromatic rings. The first-order valence-corrected chi connectivity index (χ1v) is 8.29. The highest BCUT2D eigenvalue weighted by atomic mass is 16.6. The normalized spacial score (nSPS) is 10.9. The van der Waals surface area contributed by atoms with Crippen molar-refractivity contribution in [2.24, 2.45) is 5.10 Å². The molecule has 0 radical (unpaired) electrons. The fraction of sp³-hybridized carbons (Fsp3) is 0.100. The smallest absolute Gasteiger partial charge is 0.278 e. The quantitative estimate of drug-likeness (QED) is 0.426. The maximum atomic E-state index is 12.2. The molecular weight excluding hydrogens is 344 g/mol. The van der Waals surface area contributed by atoms with E-state index in [2.05, 4.69) is 15.1 Å². The van der Waals surface area contributed by atoms with Crippen LogP contribution >= 0.6 is 0 Å². The third-order valence-corrected chi connectivity index (χ3v) is 4.16. The molecule has 7 nitrogen and oxygen atoms in total. The highest BCUT2D eigenvalue weighted by Crippen LogP contribution is 2.17. The zero-order valence-electron chi connectivity index (χ0n) is 14.9. The summed E-state index contributed by atoms with van der Waals surface area (Å²) in [5, 5.41) is 14.8. The number of carbonyl (C=O) groups excluding carboxylic acids is 1. The van der Waals surface area contributed by atoms with Crippen LogP contribution in [0.1, 0.15) is 27.3 Å². The van der Waals surface area contributed by atoms with E-state index in [0.29, 0.717) is 11.1 Å². The van der Waals surface area contributed by atoms with E-state index in [4.69, 9.17) is 0 Å². The molecule has 27 heavy (non-hydrogen) atoms. The summed E-state index contributed by atoms with van der Waals surface area (Å²) in [5.74, 6) is -0.391. The van der Waals surface area contributed by atoms with Gasteiger partial charge in [0, 0.05) is 28.7 Å². The number of carbonyl (C=O) groups is 1. The van der Waals surface area contributed by atoms with Crippen LogP contribution in [-0.4, -0.2) is 21.6 Å². The van der Waals surface area contributed by atoms with Crippen LogP contribution < -0.4 is 5.43 Å². The van der Waals surface area contributed by atoms with Gasteiger partial charge in [0.2, 0.25) is 0 Å². The maximum absolute atomic E-state index is 12.2. The van der Waals surface area contributed by atoms with Gasteiger partial charge in [-0.3, -0.25) is 14.9 Å². The summed E-state index contributed by atoms with van der Waals surface area (Å²) in [5.41, 5.74) is 6.27. The monoisotopic (exact) mass is 362 g/mol. The molecule has 1 heterocycles. The van der Waals surface area contributed by atoms with Crippen LogP contribution in [0.15, 0.2) is 65.8 Å². The highest BCUT2D eigenvalue weighted by Gasteiger charge is 2.11. The van der Waals surface area contributed by atoms with Gasteiger partial charge in [-0.15, -0.1) is 0 Å². The topological polar surface area (TPSA) is 89.5 Å². The van der Waals surface area contributed by atoms with Crippen LogP contribution in [-0.2, 0) is 0 Å². The first kappa shape index (κ1) is 18.1. The number of hydrazone groups is 1. The Hall–Kier alpha value is -3.74. The molecule has 0 aliphatic carbocycles. The number of aryl methyl sites for hydroxylation is 2. The van der Waals surface area contributed by atoms with Gasteiger partial charge < -0.3 is 4.57 Å². The van der Waals surface area contributed by atoms with Crippen molar-refractivity contribution in [1.29, 1.82) is 0 Å². The Bertz CT molecular complexity index is 1000. The number of aromatic nitrogens is 1. The van der Waals surface area contributed by atoms with Crippen molar-refractivity contribution in [3.8, 4) is 5.69 Å². The van der Waals surface area contributed by atoms with E-state index >= 15 is 0 Å². The highest BCUT2D eigenvalue weighted by molar-refractivity contribution is 5.95. The number of nitro benzene ring substituents is 1. The van der Waals surface area contributed by atoms with E-state index in [1.807, 2.05) is 38.1 Å². The van der Waals surface area contributed by atoms with E-state index in [1.165, 1.54) is 12.3 Å². The fourth-order valence-electron chi connectivity index (χ4n) is 2.83. The Morgan fingerprint density at radius 1 is 1.04 bits per heavy atom. The molecule has 1 aromatic heterocycles. The summed E-state index contributed by atoms with van der Waals surface area (Å²) in [6.07, 6.45) is 1.26.